The molecule has 60 heavy (non-hydrogen) atoms. The number of benzene rings is 2. The van der Waals surface area contributed by atoms with Gasteiger partial charge in [-0.25, -0.2) is 14.8 Å². The second kappa shape index (κ2) is 15.0. The van der Waals surface area contributed by atoms with E-state index in [4.69, 9.17) is 14.7 Å². The Bertz CT molecular complexity index is 2390. The molecule has 3 N–H and O–H groups in total. The van der Waals surface area contributed by atoms with Crippen molar-refractivity contribution in [1.29, 1.82) is 0 Å². The quantitative estimate of drug-likeness (QED) is 0.145. The van der Waals surface area contributed by atoms with Crippen LogP contribution in [0.3, 0.4) is 0 Å². The zero-order valence-electron chi connectivity index (χ0n) is 35.5. The maximum atomic E-state index is 14.0. The number of nitrogens with one attached hydrogen (secondary N) is 3. The molecule has 2 saturated carbocycles. The van der Waals surface area contributed by atoms with Crippen molar-refractivity contribution >= 4 is 23.7 Å². The largest absolute Gasteiger partial charge is 0.453 e. The topological polar surface area (TPSA) is 153 Å². The van der Waals surface area contributed by atoms with Gasteiger partial charge in [0.2, 0.25) is 11.8 Å². The zero-order chi connectivity index (χ0) is 41.6. The molecule has 7 atom stereocenters. The fourth-order valence-corrected chi connectivity index (χ4v) is 12.1. The van der Waals surface area contributed by atoms with Crippen molar-refractivity contribution in [2.75, 3.05) is 20.2 Å². The number of nitrogens with zero attached hydrogens (tertiary/aromatic N) is 4. The van der Waals surface area contributed by atoms with E-state index < -0.39 is 12.1 Å². The van der Waals surface area contributed by atoms with Crippen LogP contribution in [-0.4, -0.2) is 79.7 Å². The zero-order valence-corrected chi connectivity index (χ0v) is 35.5. The number of hydrogen-bond acceptors (Lipinski definition) is 7. The molecule has 2 aromatic carbocycles. The summed E-state index contributed by atoms with van der Waals surface area (Å²) in [5.41, 5.74) is 11.8. The van der Waals surface area contributed by atoms with Crippen LogP contribution in [0.2, 0.25) is 0 Å². The standard InChI is InChI=1S/C48H57N7O5/c1-24(2)20-38(56)54-18-6-8-36(54)45-49-23-35(52-45)31-15-13-29(41-32-16-17-33(42(31)41)44(32)57)28-12-14-30(40-27-11-10-26(21-27)39(28)40)34-22-50-46(51-34)37-9-7-19-55(37)47(58)43(25(3)4)53-48(59)60-5/h12-15,22-27,32-33,36-37,43H,6-11,16-21H2,1-5H3,(H,49,52)(H,50,51)(H,53,59)/t26?,27?,32?,33?,36-,37-,43-/m0/s1. The van der Waals surface area contributed by atoms with Gasteiger partial charge in [-0.3, -0.25) is 14.4 Å². The van der Waals surface area contributed by atoms with Gasteiger partial charge in [0.05, 0.1) is 43.0 Å². The van der Waals surface area contributed by atoms with Crippen LogP contribution in [0.5, 0.6) is 0 Å². The average molecular weight is 812 g/mol. The maximum absolute atomic E-state index is 14.0. The van der Waals surface area contributed by atoms with Crippen LogP contribution < -0.4 is 5.32 Å². The fourth-order valence-electron chi connectivity index (χ4n) is 12.1. The van der Waals surface area contributed by atoms with E-state index in [1.54, 1.807) is 0 Å². The number of imidazole rings is 2. The number of Topliss-reactive ketones (excluding diaryl/α,β-unsaturated/α-hetero) is 1. The molecule has 0 radical (unpaired) electrons. The van der Waals surface area contributed by atoms with Crippen LogP contribution in [0.4, 0.5) is 4.79 Å². The van der Waals surface area contributed by atoms with Crippen molar-refractivity contribution in [3.8, 4) is 33.6 Å². The fraction of sp³-hybridized carbons (Fsp3) is 0.542. The normalized spacial score (nSPS) is 25.5. The SMILES string of the molecule is COC(=O)N[C@H](C(=O)N1CCC[C@H]1c1ncc(-c2ccc(-c3ccc(-c4cnc([C@@H]5CCCN5C(=O)CC(C)C)[nH]4)c4c3C3CCC4C3=O)c3c2C2CCC3C2)[nH]1)C(C)C. The first kappa shape index (κ1) is 38.9. The van der Waals surface area contributed by atoms with Gasteiger partial charge in [-0.05, 0) is 115 Å². The van der Waals surface area contributed by atoms with Gasteiger partial charge < -0.3 is 29.8 Å². The molecule has 2 saturated heterocycles. The number of likely N-dealkylation sites (tertiary alicyclic amines) is 2. The Hall–Kier alpha value is -5.26. The lowest BCUT2D eigenvalue weighted by Crippen LogP contribution is -2.51. The molecule has 10 rings (SSSR count). The number of aromatic nitrogens is 4. The van der Waals surface area contributed by atoms with Crippen LogP contribution in [0, 0.1) is 11.8 Å². The molecule has 4 unspecified atom stereocenters. The Labute approximate surface area is 351 Å². The number of methoxy groups -OCH3 is 1. The first-order chi connectivity index (χ1) is 29.0. The predicted octanol–water partition coefficient (Wildman–Crippen LogP) is 8.80. The Morgan fingerprint density at radius 1 is 0.733 bits per heavy atom. The molecule has 2 aromatic heterocycles. The molecule has 4 aliphatic carbocycles. The number of fused-ring (bicyclic) bond motifs is 10. The minimum Gasteiger partial charge on any atom is -0.453 e. The molecule has 314 valence electrons. The number of hydrogen-bond donors (Lipinski definition) is 3. The summed E-state index contributed by atoms with van der Waals surface area (Å²) in [7, 11) is 1.31. The Kier molecular flexibility index (Phi) is 9.74. The molecular formula is C48H57N7O5. The van der Waals surface area contributed by atoms with Crippen molar-refractivity contribution < 1.29 is 23.9 Å². The van der Waals surface area contributed by atoms with Crippen molar-refractivity contribution in [1.82, 2.24) is 35.1 Å². The lowest BCUT2D eigenvalue weighted by molar-refractivity contribution is -0.135. The van der Waals surface area contributed by atoms with E-state index in [-0.39, 0.29) is 41.7 Å². The van der Waals surface area contributed by atoms with Crippen LogP contribution in [0.25, 0.3) is 33.6 Å². The lowest BCUT2D eigenvalue weighted by Gasteiger charge is -2.30. The number of aromatic amines is 2. The number of carbonyl (C=O) groups is 4. The summed E-state index contributed by atoms with van der Waals surface area (Å²) in [5, 5.41) is 2.75. The summed E-state index contributed by atoms with van der Waals surface area (Å²) in [6.45, 7) is 9.39. The maximum Gasteiger partial charge on any atom is 0.407 e. The van der Waals surface area contributed by atoms with Gasteiger partial charge in [-0.15, -0.1) is 0 Å². The number of carbonyl (C=O) groups excluding carboxylic acids is 4. The number of alkyl carbamates (subject to hydrolysis) is 1. The van der Waals surface area contributed by atoms with Crippen LogP contribution in [-0.2, 0) is 19.1 Å². The third kappa shape index (κ3) is 6.21. The van der Waals surface area contributed by atoms with Gasteiger partial charge in [0.25, 0.3) is 0 Å². The smallest absolute Gasteiger partial charge is 0.407 e. The van der Waals surface area contributed by atoms with Gasteiger partial charge in [-0.1, -0.05) is 52.0 Å². The highest BCUT2D eigenvalue weighted by Gasteiger charge is 2.49. The Morgan fingerprint density at radius 3 is 1.83 bits per heavy atom. The van der Waals surface area contributed by atoms with Crippen molar-refractivity contribution in [2.45, 2.75) is 134 Å². The van der Waals surface area contributed by atoms with Crippen LogP contribution in [0.15, 0.2) is 36.7 Å². The third-order valence-corrected chi connectivity index (χ3v) is 14.7. The summed E-state index contributed by atoms with van der Waals surface area (Å²) < 4.78 is 4.83. The highest BCUT2D eigenvalue weighted by atomic mass is 16.5. The van der Waals surface area contributed by atoms with E-state index in [2.05, 4.69) is 53.4 Å². The first-order valence-electron chi connectivity index (χ1n) is 22.4. The molecule has 4 aromatic rings. The minimum absolute atomic E-state index is 0.0509. The van der Waals surface area contributed by atoms with Gasteiger partial charge in [0.15, 0.2) is 0 Å². The summed E-state index contributed by atoms with van der Waals surface area (Å²) in [5.74, 6) is 2.95. The molecule has 2 aliphatic heterocycles. The number of ether oxygens (including phenoxy) is 1. The highest BCUT2D eigenvalue weighted by Crippen LogP contribution is 2.61. The molecule has 4 fully saturated rings. The van der Waals surface area contributed by atoms with Crippen LogP contribution >= 0.6 is 0 Å². The Balaban J connectivity index is 0.988. The van der Waals surface area contributed by atoms with E-state index in [9.17, 15) is 19.2 Å². The van der Waals surface area contributed by atoms with Crippen molar-refractivity contribution in [3.63, 3.8) is 0 Å². The molecular weight excluding hydrogens is 755 g/mol. The molecule has 12 nitrogen and oxygen atoms in total. The third-order valence-electron chi connectivity index (χ3n) is 14.7. The summed E-state index contributed by atoms with van der Waals surface area (Å²) in [6.07, 6.45) is 12.5. The summed E-state index contributed by atoms with van der Waals surface area (Å²) >= 11 is 0. The second-order valence-corrected chi connectivity index (χ2v) is 19.0. The molecule has 6 aliphatic rings. The lowest BCUT2D eigenvalue weighted by atomic mass is 9.78. The van der Waals surface area contributed by atoms with E-state index >= 15 is 0 Å². The monoisotopic (exact) mass is 811 g/mol. The predicted molar refractivity (Wildman–Crippen MR) is 227 cm³/mol. The molecule has 0 spiro atoms. The minimum atomic E-state index is -0.689. The van der Waals surface area contributed by atoms with Crippen molar-refractivity contribution in [2.24, 2.45) is 11.8 Å². The number of H-pyrrole nitrogens is 2. The molecule has 3 amide bonds. The number of amides is 3. The first-order valence-corrected chi connectivity index (χ1v) is 22.4. The van der Waals surface area contributed by atoms with Crippen LogP contribution in [0.1, 0.15) is 162 Å². The van der Waals surface area contributed by atoms with Gasteiger partial charge >= 0.3 is 6.09 Å². The molecule has 12 heteroatoms. The highest BCUT2D eigenvalue weighted by molar-refractivity contribution is 6.04. The average Bonchev–Trinajstić information content (AvgIpc) is 4.10. The van der Waals surface area contributed by atoms with E-state index in [0.29, 0.717) is 36.5 Å². The van der Waals surface area contributed by atoms with E-state index in [1.807, 2.05) is 36.0 Å². The summed E-state index contributed by atoms with van der Waals surface area (Å²) in [4.78, 5) is 74.1. The molecule has 4 bridgehead atoms. The van der Waals surface area contributed by atoms with E-state index in [1.165, 1.54) is 46.1 Å². The van der Waals surface area contributed by atoms with Gasteiger partial charge in [0.1, 0.15) is 23.5 Å². The molecule has 4 heterocycles. The number of ketones is 1. The van der Waals surface area contributed by atoms with Crippen molar-refractivity contribution in [3.05, 3.63) is 70.6 Å². The summed E-state index contributed by atoms with van der Waals surface area (Å²) in [6, 6.07) is 8.07. The second-order valence-electron chi connectivity index (χ2n) is 19.0. The van der Waals surface area contributed by atoms with E-state index in [0.717, 1.165) is 92.9 Å². The Morgan fingerprint density at radius 2 is 1.25 bits per heavy atom. The number of rotatable bonds is 10. The van der Waals surface area contributed by atoms with Gasteiger partial charge in [-0.2, -0.15) is 0 Å². The van der Waals surface area contributed by atoms with Gasteiger partial charge in [0, 0.05) is 42.5 Å².